The Labute approximate surface area is 144 Å². The molecule has 2 aromatic carbocycles. The molecular weight excluding hydrogens is 322 g/mol. The van der Waals surface area contributed by atoms with E-state index in [1.165, 1.54) is 5.56 Å². The van der Waals surface area contributed by atoms with Crippen LogP contribution < -0.4 is 5.32 Å². The van der Waals surface area contributed by atoms with Crippen LogP contribution >= 0.6 is 23.1 Å². The number of rotatable bonds is 5. The molecule has 1 N–H and O–H groups in total. The zero-order chi connectivity index (χ0) is 16.1. The van der Waals surface area contributed by atoms with Gasteiger partial charge in [0.05, 0.1) is 5.69 Å². The fraction of sp³-hybridized carbons (Fsp3) is 0.105. The number of carbonyl (C=O) groups is 1. The van der Waals surface area contributed by atoms with E-state index < -0.39 is 0 Å². The third kappa shape index (κ3) is 4.24. The van der Waals surface area contributed by atoms with Crippen molar-refractivity contribution in [2.24, 2.45) is 0 Å². The second-order valence-corrected chi connectivity index (χ2v) is 7.03. The lowest BCUT2D eigenvalue weighted by atomic mass is 10.1. The van der Waals surface area contributed by atoms with Crippen molar-refractivity contribution in [1.82, 2.24) is 0 Å². The Balaban J connectivity index is 1.72. The van der Waals surface area contributed by atoms with Gasteiger partial charge in [-0.05, 0) is 53.6 Å². The number of hydrogen-bond acceptors (Lipinski definition) is 3. The second-order valence-electron chi connectivity index (χ2n) is 5.24. The Morgan fingerprint density at radius 2 is 1.87 bits per heavy atom. The first-order valence-electron chi connectivity index (χ1n) is 7.33. The molecular formula is C19H17NOS2. The lowest BCUT2D eigenvalue weighted by Gasteiger charge is -2.10. The minimum atomic E-state index is -0.0754. The van der Waals surface area contributed by atoms with Crippen molar-refractivity contribution in [2.45, 2.75) is 17.6 Å². The molecule has 0 aliphatic carbocycles. The zero-order valence-corrected chi connectivity index (χ0v) is 14.4. The highest BCUT2D eigenvalue weighted by molar-refractivity contribution is 7.98. The van der Waals surface area contributed by atoms with Gasteiger partial charge in [0.1, 0.15) is 0 Å². The van der Waals surface area contributed by atoms with Gasteiger partial charge in [0.2, 0.25) is 0 Å². The average molecular weight is 339 g/mol. The molecule has 0 aliphatic heterocycles. The summed E-state index contributed by atoms with van der Waals surface area (Å²) in [6.07, 6.45) is 0. The van der Waals surface area contributed by atoms with Gasteiger partial charge in [-0.15, -0.1) is 11.8 Å². The van der Waals surface area contributed by atoms with Gasteiger partial charge in [0, 0.05) is 16.2 Å². The summed E-state index contributed by atoms with van der Waals surface area (Å²) in [5, 5.41) is 7.26. The van der Waals surface area contributed by atoms with E-state index in [9.17, 15) is 4.79 Å². The number of hydrogen-bond donors (Lipinski definition) is 1. The van der Waals surface area contributed by atoms with Crippen LogP contribution in [0, 0.1) is 6.92 Å². The van der Waals surface area contributed by atoms with E-state index in [1.54, 1.807) is 23.1 Å². The Hall–Kier alpha value is -2.04. The zero-order valence-electron chi connectivity index (χ0n) is 12.8. The lowest BCUT2D eigenvalue weighted by molar-refractivity contribution is 0.102. The lowest BCUT2D eigenvalue weighted by Crippen LogP contribution is -2.12. The summed E-state index contributed by atoms with van der Waals surface area (Å²) in [4.78, 5) is 13.5. The number of para-hydroxylation sites is 1. The summed E-state index contributed by atoms with van der Waals surface area (Å²) in [7, 11) is 0. The monoisotopic (exact) mass is 339 g/mol. The van der Waals surface area contributed by atoms with E-state index in [2.05, 4.69) is 22.1 Å². The summed E-state index contributed by atoms with van der Waals surface area (Å²) in [5.41, 5.74) is 3.99. The topological polar surface area (TPSA) is 29.1 Å². The first kappa shape index (κ1) is 15.8. The predicted molar refractivity (Wildman–Crippen MR) is 99.5 cm³/mol. The van der Waals surface area contributed by atoms with Crippen molar-refractivity contribution in [1.29, 1.82) is 0 Å². The first-order chi connectivity index (χ1) is 11.2. The molecule has 116 valence electrons. The number of thioether (sulfide) groups is 1. The van der Waals surface area contributed by atoms with Crippen LogP contribution in [0.4, 0.5) is 5.69 Å². The molecule has 0 aliphatic rings. The van der Waals surface area contributed by atoms with E-state index >= 15 is 0 Å². The van der Waals surface area contributed by atoms with Crippen LogP contribution in [-0.4, -0.2) is 5.91 Å². The van der Waals surface area contributed by atoms with Crippen LogP contribution in [0.2, 0.25) is 0 Å². The smallest absolute Gasteiger partial charge is 0.255 e. The van der Waals surface area contributed by atoms with Crippen molar-refractivity contribution >= 4 is 34.7 Å². The quantitative estimate of drug-likeness (QED) is 0.613. The third-order valence-corrected chi connectivity index (χ3v) is 5.30. The van der Waals surface area contributed by atoms with Gasteiger partial charge in [0.15, 0.2) is 0 Å². The van der Waals surface area contributed by atoms with Gasteiger partial charge in [0.25, 0.3) is 5.91 Å². The highest BCUT2D eigenvalue weighted by Gasteiger charge is 2.09. The Morgan fingerprint density at radius 3 is 2.61 bits per heavy atom. The van der Waals surface area contributed by atoms with Gasteiger partial charge in [-0.3, -0.25) is 4.79 Å². The second kappa shape index (κ2) is 7.49. The number of nitrogens with one attached hydrogen (secondary N) is 1. The van der Waals surface area contributed by atoms with E-state index in [0.717, 1.165) is 21.9 Å². The molecule has 0 bridgehead atoms. The Morgan fingerprint density at radius 1 is 1.09 bits per heavy atom. The van der Waals surface area contributed by atoms with Gasteiger partial charge >= 0.3 is 0 Å². The molecule has 23 heavy (non-hydrogen) atoms. The van der Waals surface area contributed by atoms with E-state index in [0.29, 0.717) is 5.56 Å². The highest BCUT2D eigenvalue weighted by Crippen LogP contribution is 2.30. The molecule has 3 aromatic rings. The summed E-state index contributed by atoms with van der Waals surface area (Å²) >= 11 is 3.44. The van der Waals surface area contributed by atoms with Crippen molar-refractivity contribution in [3.05, 3.63) is 82.0 Å². The highest BCUT2D eigenvalue weighted by atomic mass is 32.2. The molecule has 0 fully saturated rings. The van der Waals surface area contributed by atoms with Crippen molar-refractivity contribution in [2.75, 3.05) is 5.32 Å². The molecule has 1 aromatic heterocycles. The Bertz CT molecular complexity index is 779. The maximum absolute atomic E-state index is 12.4. The number of aryl methyl sites for hydroxylation is 1. The van der Waals surface area contributed by atoms with Gasteiger partial charge in [-0.1, -0.05) is 29.8 Å². The molecule has 0 spiro atoms. The molecule has 1 heterocycles. The van der Waals surface area contributed by atoms with Crippen LogP contribution in [0.5, 0.6) is 0 Å². The molecule has 0 saturated carbocycles. The van der Waals surface area contributed by atoms with Gasteiger partial charge in [-0.25, -0.2) is 0 Å². The molecule has 0 saturated heterocycles. The fourth-order valence-electron chi connectivity index (χ4n) is 2.13. The number of amides is 1. The number of benzene rings is 2. The van der Waals surface area contributed by atoms with Gasteiger partial charge < -0.3 is 5.32 Å². The molecule has 1 amide bonds. The SMILES string of the molecule is Cc1ccc(C(=O)Nc2ccccc2SCc2ccsc2)cc1. The summed E-state index contributed by atoms with van der Waals surface area (Å²) in [6, 6.07) is 17.7. The van der Waals surface area contributed by atoms with Crippen LogP contribution in [0.1, 0.15) is 21.5 Å². The summed E-state index contributed by atoms with van der Waals surface area (Å²) in [5.74, 6) is 0.828. The molecule has 2 nitrogen and oxygen atoms in total. The van der Waals surface area contributed by atoms with E-state index in [4.69, 9.17) is 0 Å². The van der Waals surface area contributed by atoms with Crippen molar-refractivity contribution in [3.63, 3.8) is 0 Å². The third-order valence-electron chi connectivity index (χ3n) is 3.42. The average Bonchev–Trinajstić information content (AvgIpc) is 3.08. The van der Waals surface area contributed by atoms with Crippen molar-refractivity contribution < 1.29 is 4.79 Å². The summed E-state index contributed by atoms with van der Waals surface area (Å²) in [6.45, 7) is 2.01. The number of thiophene rings is 1. The maximum atomic E-state index is 12.4. The molecule has 0 atom stereocenters. The van der Waals surface area contributed by atoms with Crippen molar-refractivity contribution in [3.8, 4) is 0 Å². The van der Waals surface area contributed by atoms with Crippen LogP contribution in [0.25, 0.3) is 0 Å². The fourth-order valence-corrected chi connectivity index (χ4v) is 3.86. The standard InChI is InChI=1S/C19H17NOS2/c1-14-6-8-16(9-7-14)19(21)20-17-4-2-3-5-18(17)23-13-15-10-11-22-12-15/h2-12H,13H2,1H3,(H,20,21). The van der Waals surface area contributed by atoms with Crippen LogP contribution in [0.15, 0.2) is 70.3 Å². The molecule has 3 rings (SSSR count). The Kier molecular flexibility index (Phi) is 5.16. The normalized spacial score (nSPS) is 10.5. The van der Waals surface area contributed by atoms with E-state index in [-0.39, 0.29) is 5.91 Å². The predicted octanol–water partition coefficient (Wildman–Crippen LogP) is 5.60. The van der Waals surface area contributed by atoms with Crippen LogP contribution in [-0.2, 0) is 5.75 Å². The minimum Gasteiger partial charge on any atom is -0.321 e. The first-order valence-corrected chi connectivity index (χ1v) is 9.26. The molecule has 0 radical (unpaired) electrons. The molecule has 4 heteroatoms. The van der Waals surface area contributed by atoms with E-state index in [1.807, 2.05) is 55.5 Å². The van der Waals surface area contributed by atoms with Crippen LogP contribution in [0.3, 0.4) is 0 Å². The number of anilines is 1. The summed E-state index contributed by atoms with van der Waals surface area (Å²) < 4.78 is 0. The minimum absolute atomic E-state index is 0.0754. The molecule has 0 unspecified atom stereocenters. The maximum Gasteiger partial charge on any atom is 0.255 e. The number of carbonyl (C=O) groups excluding carboxylic acids is 1. The largest absolute Gasteiger partial charge is 0.321 e. The van der Waals surface area contributed by atoms with Gasteiger partial charge in [-0.2, -0.15) is 11.3 Å².